The standard InChI is InChI=1S/C24H18ClF3N4SSe/c1-29-31-24(34-14-20(27)28)22-21(16-7-9-17(26)10-8-16)30-23-19(25)11-18(12-32(22)23)33-13-15-5-3-2-4-6-15/h2-12,20H,1,13-14H2/b31-24-. The Labute approximate surface area is 210 Å². The molecule has 0 radical (unpaired) electrons. The van der Waals surface area contributed by atoms with Crippen LogP contribution in [0.3, 0.4) is 0 Å². The summed E-state index contributed by atoms with van der Waals surface area (Å²) in [5, 5.41) is 7.76. The number of nitrogens with zero attached hydrogens (tertiary/aromatic N) is 4. The summed E-state index contributed by atoms with van der Waals surface area (Å²) in [6.07, 6.45) is -0.620. The second-order valence-electron chi connectivity index (χ2n) is 7.06. The van der Waals surface area contributed by atoms with Crippen molar-refractivity contribution < 1.29 is 13.2 Å². The van der Waals surface area contributed by atoms with Gasteiger partial charge in [0.1, 0.15) is 0 Å². The molecule has 0 saturated heterocycles. The molecule has 0 saturated carbocycles. The van der Waals surface area contributed by atoms with Gasteiger partial charge in [-0.2, -0.15) is 0 Å². The molecule has 0 spiro atoms. The van der Waals surface area contributed by atoms with E-state index in [0.29, 0.717) is 32.2 Å². The molecular weight excluding hydrogens is 548 g/mol. The molecule has 2 aromatic carbocycles. The van der Waals surface area contributed by atoms with Crippen molar-refractivity contribution in [2.75, 3.05) is 0 Å². The van der Waals surface area contributed by atoms with Crippen molar-refractivity contribution in [3.8, 4) is 11.3 Å². The van der Waals surface area contributed by atoms with Gasteiger partial charge in [-0.05, 0) is 0 Å². The van der Waals surface area contributed by atoms with E-state index in [2.05, 4.69) is 21.9 Å². The van der Waals surface area contributed by atoms with Crippen LogP contribution in [0.15, 0.2) is 82.0 Å². The second-order valence-corrected chi connectivity index (χ2v) is 10.6. The van der Waals surface area contributed by atoms with Crippen LogP contribution in [-0.2, 0) is 5.75 Å². The summed E-state index contributed by atoms with van der Waals surface area (Å²) in [4.78, 5) is 5.55. The first-order valence-electron chi connectivity index (χ1n) is 10.1. The first-order valence-corrected chi connectivity index (χ1v) is 13.5. The molecule has 0 aliphatic carbocycles. The predicted octanol–water partition coefficient (Wildman–Crippen LogP) is 6.84. The van der Waals surface area contributed by atoms with Crippen molar-refractivity contribution in [1.29, 1.82) is 0 Å². The van der Waals surface area contributed by atoms with Gasteiger partial charge in [-0.1, -0.05) is 0 Å². The number of aromatic nitrogens is 2. The van der Waals surface area contributed by atoms with E-state index < -0.39 is 27.2 Å². The SMILES string of the molecule is C=N/N=C(\[Se]CC(F)F)c1c(-c2ccc(F)cc2)nc2c(Cl)cc(SCc3ccccc3)cn12. The molecule has 0 N–H and O–H groups in total. The van der Waals surface area contributed by atoms with E-state index in [0.717, 1.165) is 16.2 Å². The number of benzene rings is 2. The molecule has 0 amide bonds. The van der Waals surface area contributed by atoms with Gasteiger partial charge in [0.05, 0.1) is 0 Å². The summed E-state index contributed by atoms with van der Waals surface area (Å²) in [6.45, 7) is 3.41. The summed E-state index contributed by atoms with van der Waals surface area (Å²) in [6, 6.07) is 17.6. The summed E-state index contributed by atoms with van der Waals surface area (Å²) in [5.74, 6) is 0.331. The zero-order valence-electron chi connectivity index (χ0n) is 17.7. The molecule has 4 aromatic rings. The molecule has 0 aliphatic rings. The summed E-state index contributed by atoms with van der Waals surface area (Å²) >= 11 is 7.48. The molecule has 2 aromatic heterocycles. The van der Waals surface area contributed by atoms with Crippen LogP contribution in [-0.4, -0.2) is 42.1 Å². The summed E-state index contributed by atoms with van der Waals surface area (Å²) in [7, 11) is 0. The minimum absolute atomic E-state index is 0.340. The van der Waals surface area contributed by atoms with Crippen LogP contribution in [0.4, 0.5) is 13.2 Å². The first-order chi connectivity index (χ1) is 16.5. The number of alkyl halides is 2. The van der Waals surface area contributed by atoms with Crippen molar-refractivity contribution in [2.24, 2.45) is 10.2 Å². The van der Waals surface area contributed by atoms with Crippen LogP contribution >= 0.6 is 23.4 Å². The maximum absolute atomic E-state index is 13.6. The fourth-order valence-corrected chi connectivity index (χ4v) is 6.02. The molecule has 34 heavy (non-hydrogen) atoms. The predicted molar refractivity (Wildman–Crippen MR) is 134 cm³/mol. The average Bonchev–Trinajstić information content (AvgIpc) is 3.21. The van der Waals surface area contributed by atoms with Crippen molar-refractivity contribution in [3.63, 3.8) is 0 Å². The van der Waals surface area contributed by atoms with Crippen LogP contribution < -0.4 is 0 Å². The Hall–Kier alpha value is -2.58. The number of thioether (sulfide) groups is 1. The van der Waals surface area contributed by atoms with E-state index in [1.165, 1.54) is 12.1 Å². The molecule has 0 atom stereocenters. The van der Waals surface area contributed by atoms with E-state index in [1.807, 2.05) is 42.6 Å². The molecule has 2 heterocycles. The average molecular weight is 566 g/mol. The zero-order chi connectivity index (χ0) is 24.1. The Morgan fingerprint density at radius 1 is 1.15 bits per heavy atom. The molecule has 10 heteroatoms. The Morgan fingerprint density at radius 3 is 2.56 bits per heavy atom. The van der Waals surface area contributed by atoms with E-state index in [4.69, 9.17) is 11.6 Å². The van der Waals surface area contributed by atoms with Gasteiger partial charge < -0.3 is 0 Å². The van der Waals surface area contributed by atoms with Gasteiger partial charge in [0.25, 0.3) is 0 Å². The third-order valence-electron chi connectivity index (χ3n) is 4.73. The van der Waals surface area contributed by atoms with Crippen molar-refractivity contribution in [2.45, 2.75) is 22.4 Å². The van der Waals surface area contributed by atoms with Gasteiger partial charge in [0.2, 0.25) is 0 Å². The van der Waals surface area contributed by atoms with Gasteiger partial charge >= 0.3 is 211 Å². The van der Waals surface area contributed by atoms with Gasteiger partial charge in [-0.3, -0.25) is 0 Å². The Bertz CT molecular complexity index is 1330. The number of hydrogen-bond acceptors (Lipinski definition) is 4. The van der Waals surface area contributed by atoms with Crippen LogP contribution in [0, 0.1) is 5.82 Å². The fraction of sp³-hybridized carbons (Fsp3) is 0.125. The number of pyridine rings is 1. The van der Waals surface area contributed by atoms with Crippen LogP contribution in [0.1, 0.15) is 11.3 Å². The van der Waals surface area contributed by atoms with Crippen LogP contribution in [0.25, 0.3) is 16.9 Å². The third kappa shape index (κ3) is 5.73. The monoisotopic (exact) mass is 566 g/mol. The number of imidazole rings is 1. The Balaban J connectivity index is 1.85. The molecule has 4 rings (SSSR count). The van der Waals surface area contributed by atoms with Crippen molar-refractivity contribution >= 4 is 55.3 Å². The molecule has 0 fully saturated rings. The fourth-order valence-electron chi connectivity index (χ4n) is 3.26. The van der Waals surface area contributed by atoms with E-state index in [-0.39, 0.29) is 5.32 Å². The van der Waals surface area contributed by atoms with Crippen molar-refractivity contribution in [3.05, 3.63) is 89.0 Å². The number of rotatable bonds is 9. The molecule has 0 bridgehead atoms. The summed E-state index contributed by atoms with van der Waals surface area (Å²) < 4.78 is 41.8. The van der Waals surface area contributed by atoms with E-state index in [9.17, 15) is 13.2 Å². The topological polar surface area (TPSA) is 42.0 Å². The van der Waals surface area contributed by atoms with Gasteiger partial charge in [-0.25, -0.2) is 0 Å². The molecular formula is C24H18ClF3N4SSe. The van der Waals surface area contributed by atoms with E-state index >= 15 is 0 Å². The number of hydrogen-bond donors (Lipinski definition) is 0. The Morgan fingerprint density at radius 2 is 1.88 bits per heavy atom. The normalized spacial score (nSPS) is 12.0. The van der Waals surface area contributed by atoms with E-state index in [1.54, 1.807) is 28.3 Å². The van der Waals surface area contributed by atoms with Crippen LogP contribution in [0.5, 0.6) is 0 Å². The molecule has 174 valence electrons. The third-order valence-corrected chi connectivity index (χ3v) is 8.07. The molecule has 0 unspecified atom stereocenters. The zero-order valence-corrected chi connectivity index (χ0v) is 21.0. The van der Waals surface area contributed by atoms with Crippen LogP contribution in [0.2, 0.25) is 10.3 Å². The first kappa shape index (κ1) is 24.5. The number of halogens is 4. The second kappa shape index (κ2) is 11.2. The Kier molecular flexibility index (Phi) is 8.11. The van der Waals surface area contributed by atoms with Gasteiger partial charge in [-0.15, -0.1) is 0 Å². The maximum atomic E-state index is 13.6. The molecule has 0 aliphatic heterocycles. The summed E-state index contributed by atoms with van der Waals surface area (Å²) in [5.41, 5.74) is 3.17. The van der Waals surface area contributed by atoms with Crippen molar-refractivity contribution in [1.82, 2.24) is 9.38 Å². The van der Waals surface area contributed by atoms with Gasteiger partial charge in [0.15, 0.2) is 0 Å². The van der Waals surface area contributed by atoms with Gasteiger partial charge in [0, 0.05) is 0 Å². The quantitative estimate of drug-likeness (QED) is 0.0965. The number of fused-ring (bicyclic) bond motifs is 1. The molecule has 4 nitrogen and oxygen atoms in total. The minimum atomic E-state index is -2.48.